The molecule has 0 aromatic heterocycles. The van der Waals surface area contributed by atoms with Gasteiger partial charge in [-0.05, 0) is 18.1 Å². The Labute approximate surface area is 82.0 Å². The van der Waals surface area contributed by atoms with Crippen molar-refractivity contribution in [2.45, 2.75) is 32.0 Å². The zero-order valence-corrected chi connectivity index (χ0v) is 9.61. The summed E-state index contributed by atoms with van der Waals surface area (Å²) in [6.45, 7) is 4.73. The quantitative estimate of drug-likeness (QED) is 0.731. The fraction of sp³-hybridized carbons (Fsp3) is 0.455. The van der Waals surface area contributed by atoms with E-state index in [4.69, 9.17) is 0 Å². The van der Waals surface area contributed by atoms with Crippen LogP contribution in [-0.4, -0.2) is 13.9 Å². The normalized spacial score (nSPS) is 10.7. The molecule has 13 heavy (non-hydrogen) atoms. The number of phenols is 1. The molecule has 0 amide bonds. The molecular formula is C11H18OSi. The number of aryl methyl sites for hydroxylation is 1. The first-order valence-corrected chi connectivity index (χ1v) is 8.09. The molecule has 0 saturated heterocycles. The van der Waals surface area contributed by atoms with Crippen LogP contribution in [0.2, 0.25) is 19.1 Å². The highest BCUT2D eigenvalue weighted by atomic mass is 28.3. The topological polar surface area (TPSA) is 20.2 Å². The van der Waals surface area contributed by atoms with Crippen molar-refractivity contribution in [3.05, 3.63) is 29.8 Å². The lowest BCUT2D eigenvalue weighted by Gasteiger charge is -2.05. The molecule has 1 nitrogen and oxygen atoms in total. The van der Waals surface area contributed by atoms with Crippen LogP contribution in [-0.2, 0) is 6.42 Å². The highest BCUT2D eigenvalue weighted by molar-refractivity contribution is 6.55. The Morgan fingerprint density at radius 2 is 1.92 bits per heavy atom. The summed E-state index contributed by atoms with van der Waals surface area (Å²) in [6.07, 6.45) is 2.25. The summed E-state index contributed by atoms with van der Waals surface area (Å²) in [5, 5.41) is 9.49. The zero-order valence-electron chi connectivity index (χ0n) is 8.46. The third kappa shape index (κ3) is 3.64. The van der Waals surface area contributed by atoms with Crippen molar-refractivity contribution in [2.24, 2.45) is 0 Å². The Bertz CT molecular complexity index is 258. The standard InChI is InChI=1S/C11H18OSi/c1-13(2)9-5-7-10-6-3-4-8-11(10)12/h3-4,6,8,12-13H,5,7,9H2,1-2H3. The van der Waals surface area contributed by atoms with Gasteiger partial charge in [0, 0.05) is 8.80 Å². The fourth-order valence-electron chi connectivity index (χ4n) is 1.42. The van der Waals surface area contributed by atoms with E-state index in [0.717, 1.165) is 12.0 Å². The van der Waals surface area contributed by atoms with Crippen molar-refractivity contribution in [1.29, 1.82) is 0 Å². The van der Waals surface area contributed by atoms with E-state index in [0.29, 0.717) is 5.75 Å². The van der Waals surface area contributed by atoms with Crippen LogP contribution in [0.1, 0.15) is 12.0 Å². The molecule has 0 saturated carbocycles. The summed E-state index contributed by atoms with van der Waals surface area (Å²) in [5.74, 6) is 0.452. The Morgan fingerprint density at radius 3 is 2.54 bits per heavy atom. The van der Waals surface area contributed by atoms with Gasteiger partial charge in [-0.3, -0.25) is 0 Å². The Hall–Kier alpha value is -0.763. The van der Waals surface area contributed by atoms with E-state index in [1.54, 1.807) is 6.07 Å². The first-order chi connectivity index (χ1) is 6.20. The van der Waals surface area contributed by atoms with Gasteiger partial charge in [-0.2, -0.15) is 0 Å². The van der Waals surface area contributed by atoms with E-state index in [9.17, 15) is 5.11 Å². The number of para-hydroxylation sites is 1. The minimum Gasteiger partial charge on any atom is -0.508 e. The number of phenolic OH excluding ortho intramolecular Hbond substituents is 1. The molecule has 0 aliphatic carbocycles. The molecule has 1 rings (SSSR count). The zero-order chi connectivity index (χ0) is 9.68. The molecule has 0 atom stereocenters. The second-order valence-corrected chi connectivity index (χ2v) is 7.28. The molecule has 72 valence electrons. The second kappa shape index (κ2) is 5.07. The van der Waals surface area contributed by atoms with E-state index < -0.39 is 8.80 Å². The van der Waals surface area contributed by atoms with Gasteiger partial charge in [-0.25, -0.2) is 0 Å². The Balaban J connectivity index is 2.41. The molecule has 2 heteroatoms. The van der Waals surface area contributed by atoms with E-state index in [1.165, 1.54) is 12.5 Å². The van der Waals surface area contributed by atoms with Crippen LogP contribution < -0.4 is 0 Å². The van der Waals surface area contributed by atoms with Crippen molar-refractivity contribution in [2.75, 3.05) is 0 Å². The third-order valence-electron chi connectivity index (χ3n) is 2.22. The van der Waals surface area contributed by atoms with Crippen molar-refractivity contribution in [3.63, 3.8) is 0 Å². The van der Waals surface area contributed by atoms with Gasteiger partial charge in [0.2, 0.25) is 0 Å². The monoisotopic (exact) mass is 194 g/mol. The molecule has 0 unspecified atom stereocenters. The van der Waals surface area contributed by atoms with Gasteiger partial charge in [-0.1, -0.05) is 43.8 Å². The third-order valence-corrected chi connectivity index (χ3v) is 3.78. The first kappa shape index (κ1) is 10.3. The first-order valence-electron chi connectivity index (χ1n) is 4.97. The van der Waals surface area contributed by atoms with E-state index in [2.05, 4.69) is 13.1 Å². The minimum atomic E-state index is -0.409. The summed E-state index contributed by atoms with van der Waals surface area (Å²) in [6, 6.07) is 9.01. The number of hydrogen-bond donors (Lipinski definition) is 1. The lowest BCUT2D eigenvalue weighted by Crippen LogP contribution is -1.99. The van der Waals surface area contributed by atoms with Crippen LogP contribution in [0.5, 0.6) is 5.75 Å². The molecule has 1 aromatic carbocycles. The van der Waals surface area contributed by atoms with Gasteiger partial charge >= 0.3 is 0 Å². The van der Waals surface area contributed by atoms with Crippen molar-refractivity contribution < 1.29 is 5.11 Å². The van der Waals surface area contributed by atoms with Crippen molar-refractivity contribution >= 4 is 8.80 Å². The summed E-state index contributed by atoms with van der Waals surface area (Å²) >= 11 is 0. The average molecular weight is 194 g/mol. The maximum atomic E-state index is 9.49. The van der Waals surface area contributed by atoms with Crippen molar-refractivity contribution in [1.82, 2.24) is 0 Å². The molecule has 0 fully saturated rings. The summed E-state index contributed by atoms with van der Waals surface area (Å²) in [5.41, 5.74) is 1.09. The highest BCUT2D eigenvalue weighted by Crippen LogP contribution is 2.18. The highest BCUT2D eigenvalue weighted by Gasteiger charge is 2.00. The smallest absolute Gasteiger partial charge is 0.118 e. The van der Waals surface area contributed by atoms with Crippen LogP contribution in [0.4, 0.5) is 0 Å². The van der Waals surface area contributed by atoms with Gasteiger partial charge in [0.15, 0.2) is 0 Å². The molecule has 0 radical (unpaired) electrons. The Kier molecular flexibility index (Phi) is 4.03. The average Bonchev–Trinajstić information content (AvgIpc) is 2.08. The number of rotatable bonds is 4. The molecule has 0 spiro atoms. The van der Waals surface area contributed by atoms with Gasteiger partial charge in [0.25, 0.3) is 0 Å². The molecule has 1 aromatic rings. The lowest BCUT2D eigenvalue weighted by molar-refractivity contribution is 0.467. The van der Waals surface area contributed by atoms with E-state index in [1.807, 2.05) is 18.2 Å². The van der Waals surface area contributed by atoms with Gasteiger partial charge < -0.3 is 5.11 Å². The van der Waals surface area contributed by atoms with Crippen LogP contribution in [0.25, 0.3) is 0 Å². The molecule has 0 bridgehead atoms. The number of aromatic hydroxyl groups is 1. The Morgan fingerprint density at radius 1 is 1.23 bits per heavy atom. The van der Waals surface area contributed by atoms with Crippen LogP contribution in [0.15, 0.2) is 24.3 Å². The number of benzene rings is 1. The molecule has 0 heterocycles. The minimum absolute atomic E-state index is 0.409. The summed E-state index contributed by atoms with van der Waals surface area (Å²) in [7, 11) is -0.409. The largest absolute Gasteiger partial charge is 0.508 e. The molecule has 0 aliphatic heterocycles. The van der Waals surface area contributed by atoms with Gasteiger partial charge in [-0.15, -0.1) is 0 Å². The maximum Gasteiger partial charge on any atom is 0.118 e. The predicted octanol–water partition coefficient (Wildman–Crippen LogP) is 2.81. The lowest BCUT2D eigenvalue weighted by atomic mass is 10.1. The molecular weight excluding hydrogens is 176 g/mol. The molecule has 1 N–H and O–H groups in total. The van der Waals surface area contributed by atoms with Crippen LogP contribution >= 0.6 is 0 Å². The predicted molar refractivity (Wildman–Crippen MR) is 60.1 cm³/mol. The SMILES string of the molecule is C[SiH](C)CCCc1ccccc1O. The second-order valence-electron chi connectivity index (χ2n) is 3.91. The van der Waals surface area contributed by atoms with E-state index >= 15 is 0 Å². The van der Waals surface area contributed by atoms with Crippen LogP contribution in [0, 0.1) is 0 Å². The van der Waals surface area contributed by atoms with Gasteiger partial charge in [0.1, 0.15) is 5.75 Å². The molecule has 0 aliphatic rings. The number of hydrogen-bond acceptors (Lipinski definition) is 1. The summed E-state index contributed by atoms with van der Waals surface area (Å²) < 4.78 is 0. The van der Waals surface area contributed by atoms with Crippen molar-refractivity contribution in [3.8, 4) is 5.75 Å². The fourth-order valence-corrected chi connectivity index (χ4v) is 2.44. The van der Waals surface area contributed by atoms with Gasteiger partial charge in [0.05, 0.1) is 0 Å². The summed E-state index contributed by atoms with van der Waals surface area (Å²) in [4.78, 5) is 0. The van der Waals surface area contributed by atoms with Crippen LogP contribution in [0.3, 0.4) is 0 Å². The maximum absolute atomic E-state index is 9.49. The van der Waals surface area contributed by atoms with E-state index in [-0.39, 0.29) is 0 Å².